The number of benzene rings is 1. The molecule has 0 aromatic heterocycles. The Bertz CT molecular complexity index is 468. The first-order chi connectivity index (χ1) is 9.53. The van der Waals surface area contributed by atoms with Crippen LogP contribution in [0.5, 0.6) is 0 Å². The summed E-state index contributed by atoms with van der Waals surface area (Å²) in [6, 6.07) is 5.05. The number of rotatable bonds is 1. The Morgan fingerprint density at radius 2 is 1.43 bits per heavy atom. The molecule has 21 heavy (non-hydrogen) atoms. The zero-order chi connectivity index (χ0) is 16.5. The monoisotopic (exact) mass is 302 g/mol. The zero-order valence-electron chi connectivity index (χ0n) is 13.3. The molecule has 1 heterocycles. The first-order valence-corrected chi connectivity index (χ1v) is 7.06. The van der Waals surface area contributed by atoms with Gasteiger partial charge in [-0.25, -0.2) is 0 Å². The molecule has 2 nitrogen and oxygen atoms in total. The highest BCUT2D eigenvalue weighted by Gasteiger charge is 2.51. The van der Waals surface area contributed by atoms with Gasteiger partial charge in [-0.05, 0) is 33.2 Å². The summed E-state index contributed by atoms with van der Waals surface area (Å²) in [6.07, 6.45) is -4.36. The molecule has 0 aliphatic carbocycles. The minimum atomic E-state index is -4.36. The maximum atomic E-state index is 12.7. The lowest BCUT2D eigenvalue weighted by Crippen LogP contribution is -2.41. The first-order valence-electron chi connectivity index (χ1n) is 7.06. The van der Waals surface area contributed by atoms with Crippen LogP contribution in [0.4, 0.5) is 13.2 Å². The van der Waals surface area contributed by atoms with Crippen LogP contribution in [0.1, 0.15) is 47.1 Å². The van der Waals surface area contributed by atoms with Gasteiger partial charge in [0.1, 0.15) is 0 Å². The summed E-state index contributed by atoms with van der Waals surface area (Å²) in [7, 11) is -0.771. The Kier molecular flexibility index (Phi) is 5.16. The maximum absolute atomic E-state index is 12.7. The molecule has 1 aliphatic rings. The Labute approximate surface area is 124 Å². The first kappa shape index (κ1) is 18.0. The highest BCUT2D eigenvalue weighted by atomic mass is 19.4. The number of halogens is 3. The van der Waals surface area contributed by atoms with Crippen molar-refractivity contribution in [2.75, 3.05) is 0 Å². The van der Waals surface area contributed by atoms with E-state index in [1.54, 1.807) is 6.07 Å². The Morgan fingerprint density at radius 1 is 0.952 bits per heavy atom. The molecule has 0 saturated carbocycles. The van der Waals surface area contributed by atoms with Gasteiger partial charge >= 0.3 is 13.3 Å². The molecule has 0 amide bonds. The van der Waals surface area contributed by atoms with Gasteiger partial charge in [0.2, 0.25) is 0 Å². The van der Waals surface area contributed by atoms with Crippen molar-refractivity contribution >= 4 is 12.6 Å². The van der Waals surface area contributed by atoms with E-state index in [1.165, 1.54) is 6.07 Å². The van der Waals surface area contributed by atoms with Gasteiger partial charge in [-0.15, -0.1) is 0 Å². The summed E-state index contributed by atoms with van der Waals surface area (Å²) in [5.41, 5.74) is -1.44. The van der Waals surface area contributed by atoms with Crippen LogP contribution >= 0.6 is 0 Å². The molecule has 2 rings (SSSR count). The lowest BCUT2D eigenvalue weighted by molar-refractivity contribution is -0.137. The molecule has 1 aromatic carbocycles. The molecule has 0 atom stereocenters. The van der Waals surface area contributed by atoms with E-state index in [-0.39, 0.29) is 0 Å². The summed E-state index contributed by atoms with van der Waals surface area (Å²) in [5.74, 6) is 0. The van der Waals surface area contributed by atoms with E-state index < -0.39 is 30.1 Å². The van der Waals surface area contributed by atoms with Crippen molar-refractivity contribution in [3.05, 3.63) is 29.8 Å². The Hall–Kier alpha value is -1.01. The summed E-state index contributed by atoms with van der Waals surface area (Å²) < 4.78 is 49.5. The third-order valence-corrected chi connectivity index (χ3v) is 3.74. The van der Waals surface area contributed by atoms with Crippen molar-refractivity contribution in [2.24, 2.45) is 0 Å². The normalized spacial score (nSPS) is 20.0. The van der Waals surface area contributed by atoms with E-state index in [4.69, 9.17) is 9.31 Å². The van der Waals surface area contributed by atoms with Crippen molar-refractivity contribution in [3.63, 3.8) is 0 Å². The smallest absolute Gasteiger partial charge is 0.399 e. The fraction of sp³-hybridized carbons (Fsp3) is 0.600. The summed E-state index contributed by atoms with van der Waals surface area (Å²) >= 11 is 0. The lowest BCUT2D eigenvalue weighted by Gasteiger charge is -2.32. The molecule has 1 aromatic rings. The minimum Gasteiger partial charge on any atom is -0.399 e. The topological polar surface area (TPSA) is 18.5 Å². The molecule has 6 heteroatoms. The molecule has 1 aliphatic heterocycles. The maximum Gasteiger partial charge on any atom is 0.494 e. The van der Waals surface area contributed by atoms with Crippen LogP contribution in [0, 0.1) is 0 Å². The molecule has 0 N–H and O–H groups in total. The molecular formula is C15H22BF3O2. The van der Waals surface area contributed by atoms with Crippen LogP contribution in [0.2, 0.25) is 0 Å². The van der Waals surface area contributed by atoms with Crippen molar-refractivity contribution in [2.45, 2.75) is 58.9 Å². The van der Waals surface area contributed by atoms with Crippen LogP contribution in [-0.4, -0.2) is 18.3 Å². The van der Waals surface area contributed by atoms with Gasteiger partial charge in [-0.2, -0.15) is 13.2 Å². The van der Waals surface area contributed by atoms with Crippen LogP contribution in [0.15, 0.2) is 24.3 Å². The second-order valence-electron chi connectivity index (χ2n) is 5.71. The molecular weight excluding hydrogens is 280 g/mol. The zero-order valence-corrected chi connectivity index (χ0v) is 13.3. The SMILES string of the molecule is CC.CC1(C)OB(c2cccc(C(F)(F)F)c2)OC1(C)C. The largest absolute Gasteiger partial charge is 0.494 e. The van der Waals surface area contributed by atoms with Gasteiger partial charge in [0.05, 0.1) is 16.8 Å². The minimum absolute atomic E-state index is 0.383. The van der Waals surface area contributed by atoms with Crippen molar-refractivity contribution in [1.82, 2.24) is 0 Å². The molecule has 118 valence electrons. The highest BCUT2D eigenvalue weighted by molar-refractivity contribution is 6.62. The number of hydrogen-bond acceptors (Lipinski definition) is 2. The van der Waals surface area contributed by atoms with Gasteiger partial charge in [0.15, 0.2) is 0 Å². The standard InChI is InChI=1S/C13H16BF3O2.C2H6/c1-11(2)12(3,4)19-14(18-11)10-7-5-6-9(8-10)13(15,16)17;1-2/h5-8H,1-4H3;1-2H3. The van der Waals surface area contributed by atoms with Crippen LogP contribution in [-0.2, 0) is 15.5 Å². The second kappa shape index (κ2) is 6.01. The van der Waals surface area contributed by atoms with Crippen LogP contribution < -0.4 is 5.46 Å². The molecule has 1 saturated heterocycles. The third kappa shape index (κ3) is 3.80. The lowest BCUT2D eigenvalue weighted by atomic mass is 9.78. The van der Waals surface area contributed by atoms with E-state index in [0.717, 1.165) is 12.1 Å². The molecule has 0 spiro atoms. The van der Waals surface area contributed by atoms with E-state index in [9.17, 15) is 13.2 Å². The van der Waals surface area contributed by atoms with Crippen molar-refractivity contribution in [1.29, 1.82) is 0 Å². The van der Waals surface area contributed by atoms with Crippen molar-refractivity contribution < 1.29 is 22.5 Å². The van der Waals surface area contributed by atoms with Crippen molar-refractivity contribution in [3.8, 4) is 0 Å². The fourth-order valence-electron chi connectivity index (χ4n) is 1.84. The van der Waals surface area contributed by atoms with Gasteiger partial charge in [-0.3, -0.25) is 0 Å². The molecule has 0 unspecified atom stereocenters. The fourth-order valence-corrected chi connectivity index (χ4v) is 1.84. The highest BCUT2D eigenvalue weighted by Crippen LogP contribution is 2.37. The number of hydrogen-bond donors (Lipinski definition) is 0. The Morgan fingerprint density at radius 3 is 1.86 bits per heavy atom. The van der Waals surface area contributed by atoms with E-state index in [1.807, 2.05) is 41.5 Å². The quantitative estimate of drug-likeness (QED) is 0.729. The van der Waals surface area contributed by atoms with Gasteiger partial charge in [-0.1, -0.05) is 38.1 Å². The van der Waals surface area contributed by atoms with Gasteiger partial charge < -0.3 is 9.31 Å². The summed E-state index contributed by atoms with van der Waals surface area (Å²) in [6.45, 7) is 11.4. The molecule has 0 bridgehead atoms. The van der Waals surface area contributed by atoms with Crippen LogP contribution in [0.3, 0.4) is 0 Å². The predicted molar refractivity (Wildman–Crippen MR) is 78.5 cm³/mol. The van der Waals surface area contributed by atoms with E-state index in [2.05, 4.69) is 0 Å². The predicted octanol–water partition coefficient (Wildman–Crippen LogP) is 4.03. The third-order valence-electron chi connectivity index (χ3n) is 3.74. The average Bonchev–Trinajstić information content (AvgIpc) is 2.60. The molecule has 0 radical (unpaired) electrons. The van der Waals surface area contributed by atoms with E-state index in [0.29, 0.717) is 5.46 Å². The molecule has 1 fully saturated rings. The average molecular weight is 302 g/mol. The summed E-state index contributed by atoms with van der Waals surface area (Å²) in [4.78, 5) is 0. The summed E-state index contributed by atoms with van der Waals surface area (Å²) in [5, 5.41) is 0. The van der Waals surface area contributed by atoms with Crippen LogP contribution in [0.25, 0.3) is 0 Å². The number of alkyl halides is 3. The Balaban J connectivity index is 0.00000106. The van der Waals surface area contributed by atoms with Gasteiger partial charge in [0.25, 0.3) is 0 Å². The second-order valence-corrected chi connectivity index (χ2v) is 5.71. The van der Waals surface area contributed by atoms with E-state index >= 15 is 0 Å². The van der Waals surface area contributed by atoms with Gasteiger partial charge in [0, 0.05) is 0 Å².